The number of benzene rings is 2. The van der Waals surface area contributed by atoms with Crippen LogP contribution in [0.15, 0.2) is 131 Å². The minimum absolute atomic E-state index is 0. The van der Waals surface area contributed by atoms with Gasteiger partial charge in [-0.25, -0.2) is 0 Å². The van der Waals surface area contributed by atoms with Crippen LogP contribution in [0.5, 0.6) is 0 Å². The first-order valence-electron chi connectivity index (χ1n) is 9.29. The zero-order valence-corrected chi connectivity index (χ0v) is 17.7. The van der Waals surface area contributed by atoms with Crippen LogP contribution >= 0.6 is 0 Å². The fourth-order valence-electron chi connectivity index (χ4n) is 2.79. The molecule has 0 unspecified atom stereocenters. The minimum Gasteiger partial charge on any atom is -0.360 e. The van der Waals surface area contributed by atoms with E-state index in [0.29, 0.717) is 11.4 Å². The summed E-state index contributed by atoms with van der Waals surface area (Å²) in [5.41, 5.74) is 3.93. The fraction of sp³-hybridized carbons (Fsp3) is 0. The van der Waals surface area contributed by atoms with Gasteiger partial charge in [0.05, 0.1) is 11.4 Å². The molecule has 2 aliphatic heterocycles. The summed E-state index contributed by atoms with van der Waals surface area (Å²) in [4.78, 5) is 21.6. The number of hydrogen-bond donors (Lipinski definition) is 2. The zero-order chi connectivity index (χ0) is 21.0. The number of allylic oxidation sites excluding steroid dienone is 6. The van der Waals surface area contributed by atoms with Crippen LogP contribution in [-0.2, 0) is 17.1 Å². The van der Waals surface area contributed by atoms with Gasteiger partial charge in [-0.2, -0.15) is 0 Å². The second-order valence-electron chi connectivity index (χ2n) is 6.16. The second kappa shape index (κ2) is 12.7. The van der Waals surface area contributed by atoms with Crippen LogP contribution in [0.4, 0.5) is 0 Å². The van der Waals surface area contributed by atoms with E-state index < -0.39 is 0 Å². The van der Waals surface area contributed by atoms with Crippen LogP contribution < -0.4 is 10.6 Å². The fourth-order valence-corrected chi connectivity index (χ4v) is 2.79. The van der Waals surface area contributed by atoms with Crippen molar-refractivity contribution in [2.45, 2.75) is 0 Å². The standard InChI is InChI=1S/2C12H10N2O.Mn/c2*15-14-12(10-6-2-1-3-7-10)11-8-4-5-9-13-11;/h2*1-9,13H;. The molecule has 0 bridgehead atoms. The zero-order valence-electron chi connectivity index (χ0n) is 16.5. The van der Waals surface area contributed by atoms with Gasteiger partial charge in [-0.3, -0.25) is 0 Å². The smallest absolute Gasteiger partial charge is 0.138 e. The Labute approximate surface area is 191 Å². The van der Waals surface area contributed by atoms with Crippen molar-refractivity contribution in [3.63, 3.8) is 0 Å². The van der Waals surface area contributed by atoms with E-state index >= 15 is 0 Å². The molecule has 2 aromatic rings. The van der Waals surface area contributed by atoms with Gasteiger partial charge in [-0.15, -0.1) is 9.81 Å². The number of dihydropyridines is 2. The average Bonchev–Trinajstić information content (AvgIpc) is 2.83. The van der Waals surface area contributed by atoms with E-state index in [1.807, 2.05) is 97.1 Å². The van der Waals surface area contributed by atoms with Gasteiger partial charge in [-0.1, -0.05) is 72.8 Å². The first-order chi connectivity index (χ1) is 14.8. The van der Waals surface area contributed by atoms with Crippen molar-refractivity contribution in [3.8, 4) is 0 Å². The van der Waals surface area contributed by atoms with E-state index in [0.717, 1.165) is 22.5 Å². The molecule has 0 fully saturated rings. The maximum atomic E-state index is 10.8. The first kappa shape index (κ1) is 23.5. The molecule has 0 saturated carbocycles. The maximum absolute atomic E-state index is 10.8. The number of nitrogens with one attached hydrogen (secondary N) is 2. The van der Waals surface area contributed by atoms with E-state index in [1.54, 1.807) is 12.4 Å². The van der Waals surface area contributed by atoms with E-state index in [-0.39, 0.29) is 17.1 Å². The Morgan fingerprint density at radius 2 is 0.968 bits per heavy atom. The van der Waals surface area contributed by atoms with Crippen molar-refractivity contribution < 1.29 is 17.1 Å². The van der Waals surface area contributed by atoms with Gasteiger partial charge >= 0.3 is 0 Å². The second-order valence-corrected chi connectivity index (χ2v) is 6.16. The Balaban J connectivity index is 0.000000213. The molecule has 0 amide bonds. The molecule has 2 aliphatic rings. The van der Waals surface area contributed by atoms with Gasteiger partial charge in [0.15, 0.2) is 0 Å². The van der Waals surface area contributed by atoms with Crippen molar-refractivity contribution in [2.75, 3.05) is 0 Å². The number of nitroso groups, excluding NO2 is 2. The Morgan fingerprint density at radius 1 is 0.581 bits per heavy atom. The van der Waals surface area contributed by atoms with Crippen LogP contribution in [0.1, 0.15) is 11.1 Å². The number of hydrogen-bond acceptors (Lipinski definition) is 6. The minimum atomic E-state index is 0. The summed E-state index contributed by atoms with van der Waals surface area (Å²) >= 11 is 0. The van der Waals surface area contributed by atoms with Gasteiger partial charge in [0, 0.05) is 40.6 Å². The third-order valence-electron chi connectivity index (χ3n) is 4.21. The van der Waals surface area contributed by atoms with Crippen molar-refractivity contribution in [3.05, 3.63) is 142 Å². The Morgan fingerprint density at radius 3 is 1.26 bits per heavy atom. The molecular weight excluding hydrogens is 431 g/mol. The first-order valence-corrected chi connectivity index (χ1v) is 9.29. The number of nitrogens with zero attached hydrogens (tertiary/aromatic N) is 2. The molecule has 0 saturated heterocycles. The van der Waals surface area contributed by atoms with Crippen molar-refractivity contribution in [2.24, 2.45) is 10.4 Å². The molecule has 2 heterocycles. The summed E-state index contributed by atoms with van der Waals surface area (Å²) in [6.45, 7) is 0. The monoisotopic (exact) mass is 451 g/mol. The predicted molar refractivity (Wildman–Crippen MR) is 121 cm³/mol. The average molecular weight is 451 g/mol. The Bertz CT molecular complexity index is 982. The molecule has 1 radical (unpaired) electrons. The quantitative estimate of drug-likeness (QED) is 0.469. The van der Waals surface area contributed by atoms with Gasteiger partial charge in [0.25, 0.3) is 0 Å². The van der Waals surface area contributed by atoms with Crippen LogP contribution in [0, 0.1) is 9.81 Å². The summed E-state index contributed by atoms with van der Waals surface area (Å²) in [6.07, 6.45) is 14.6. The van der Waals surface area contributed by atoms with E-state index in [2.05, 4.69) is 21.0 Å². The maximum Gasteiger partial charge on any atom is 0.138 e. The Hall–Kier alpha value is -3.80. The third-order valence-corrected chi connectivity index (χ3v) is 4.21. The van der Waals surface area contributed by atoms with Gasteiger partial charge in [0.1, 0.15) is 11.4 Å². The van der Waals surface area contributed by atoms with E-state index in [1.165, 1.54) is 0 Å². The molecule has 2 N–H and O–H groups in total. The molecule has 2 aromatic carbocycles. The molecule has 4 rings (SSSR count). The summed E-state index contributed by atoms with van der Waals surface area (Å²) in [5.74, 6) is 0. The van der Waals surface area contributed by atoms with Crippen molar-refractivity contribution in [1.29, 1.82) is 0 Å². The van der Waals surface area contributed by atoms with E-state index in [9.17, 15) is 9.81 Å². The van der Waals surface area contributed by atoms with Crippen LogP contribution in [0.3, 0.4) is 0 Å². The largest absolute Gasteiger partial charge is 0.360 e. The summed E-state index contributed by atoms with van der Waals surface area (Å²) in [6, 6.07) is 18.8. The molecule has 0 spiro atoms. The molecular formula is C24H20MnN4O2. The third kappa shape index (κ3) is 6.60. The molecule has 31 heavy (non-hydrogen) atoms. The topological polar surface area (TPSA) is 82.9 Å². The molecule has 6 nitrogen and oxygen atoms in total. The molecule has 155 valence electrons. The van der Waals surface area contributed by atoms with Crippen LogP contribution in [0.25, 0.3) is 11.4 Å². The van der Waals surface area contributed by atoms with Crippen molar-refractivity contribution >= 4 is 11.4 Å². The molecule has 0 aliphatic carbocycles. The van der Waals surface area contributed by atoms with Crippen molar-refractivity contribution in [1.82, 2.24) is 10.6 Å². The Kier molecular flexibility index (Phi) is 9.62. The molecule has 0 aromatic heterocycles. The normalized spacial score (nSPS) is 16.5. The van der Waals surface area contributed by atoms with Gasteiger partial charge < -0.3 is 10.6 Å². The van der Waals surface area contributed by atoms with Crippen LogP contribution in [-0.4, -0.2) is 0 Å². The van der Waals surface area contributed by atoms with Gasteiger partial charge in [0.2, 0.25) is 0 Å². The molecule has 0 atom stereocenters. The SMILES string of the molecule is O=NC(=C1C=CC=CN1)c1ccccc1.O=NC(=C1C=CC=CN1)c1ccccc1.[Mn]. The summed E-state index contributed by atoms with van der Waals surface area (Å²) in [7, 11) is 0. The molecule has 7 heteroatoms. The van der Waals surface area contributed by atoms with E-state index in [4.69, 9.17) is 0 Å². The predicted octanol–water partition coefficient (Wildman–Crippen LogP) is 5.59. The summed E-state index contributed by atoms with van der Waals surface area (Å²) in [5, 5.41) is 12.1. The number of rotatable bonds is 4. The van der Waals surface area contributed by atoms with Gasteiger partial charge in [-0.05, 0) is 34.7 Å². The summed E-state index contributed by atoms with van der Waals surface area (Å²) < 4.78 is 0. The van der Waals surface area contributed by atoms with Crippen LogP contribution in [0.2, 0.25) is 0 Å².